The van der Waals surface area contributed by atoms with E-state index in [9.17, 15) is 5.26 Å². The lowest BCUT2D eigenvalue weighted by molar-refractivity contribution is 0.569. The molecule has 2 aromatic heterocycles. The van der Waals surface area contributed by atoms with Crippen LogP contribution in [-0.2, 0) is 10.8 Å². The molecule has 2 aliphatic rings. The van der Waals surface area contributed by atoms with E-state index in [-0.39, 0.29) is 17.5 Å². The van der Waals surface area contributed by atoms with E-state index in [2.05, 4.69) is 322 Å². The molecule has 8 heteroatoms. The number of nitrogens with zero attached hydrogens (tertiary/aromatic N) is 5. The lowest BCUT2D eigenvalue weighted by Crippen LogP contribution is -2.61. The van der Waals surface area contributed by atoms with Crippen molar-refractivity contribution in [2.45, 2.75) is 52.4 Å². The molecule has 426 valence electrons. The molecule has 16 rings (SSSR count). The fraction of sp³-hybridized carbons (Fsp3) is 0.0988. The van der Waals surface area contributed by atoms with Crippen molar-refractivity contribution in [2.75, 3.05) is 19.6 Å². The largest absolute Gasteiger partial charge is 0.456 e. The summed E-state index contributed by atoms with van der Waals surface area (Å²) in [5, 5.41) is 14.7. The normalized spacial score (nSPS) is 12.8. The van der Waals surface area contributed by atoms with Crippen LogP contribution in [0, 0.1) is 11.3 Å². The Morgan fingerprint density at radius 2 is 0.888 bits per heavy atom. The Kier molecular flexibility index (Phi) is 12.6. The first-order chi connectivity index (χ1) is 43.3. The standard InChI is InChI=1S/C81H62BN5OS/c1-80(2,3)55-46-56(81(4,5)6)48-64(47-55)87-70-50-63(85(59-25-15-9-16-26-59)61-34-31-52(51-83)32-35-61)37-39-68(70)82-67-38-36-62(84(57-21-11-7-12-22-57)58-23-13-8-14-24-58)49-69(67)86(60-27-17-10-18-28-60)71-44-54(45-72(87)79(71)82)53-33-40-73-66(43-53)77-74(88-73)41-42-76-78(77)65-29-19-20-30-75(65)89-76/h7-50H,1-6H3. The van der Waals surface area contributed by atoms with Gasteiger partial charge < -0.3 is 24.0 Å². The van der Waals surface area contributed by atoms with Crippen LogP contribution in [0.1, 0.15) is 58.2 Å². The van der Waals surface area contributed by atoms with E-state index >= 15 is 0 Å². The zero-order valence-corrected chi connectivity index (χ0v) is 51.3. The van der Waals surface area contributed by atoms with Crippen molar-refractivity contribution in [3.05, 3.63) is 284 Å². The summed E-state index contributed by atoms with van der Waals surface area (Å²) in [6.07, 6.45) is 0. The minimum absolute atomic E-state index is 0.171. The molecule has 12 aromatic carbocycles. The van der Waals surface area contributed by atoms with Gasteiger partial charge in [0.15, 0.2) is 0 Å². The predicted octanol–water partition coefficient (Wildman–Crippen LogP) is 21.1. The molecule has 6 nitrogen and oxygen atoms in total. The molecule has 14 aromatic rings. The topological polar surface area (TPSA) is 49.9 Å². The molecule has 0 saturated heterocycles. The third kappa shape index (κ3) is 9.06. The van der Waals surface area contributed by atoms with E-state index < -0.39 is 0 Å². The number of furan rings is 1. The maximum Gasteiger partial charge on any atom is 0.252 e. The fourth-order valence-corrected chi connectivity index (χ4v) is 14.8. The first kappa shape index (κ1) is 53.9. The molecule has 0 N–H and O–H groups in total. The smallest absolute Gasteiger partial charge is 0.252 e. The minimum Gasteiger partial charge on any atom is -0.456 e. The first-order valence-electron chi connectivity index (χ1n) is 30.6. The van der Waals surface area contributed by atoms with Crippen LogP contribution in [0.15, 0.2) is 271 Å². The van der Waals surface area contributed by atoms with Gasteiger partial charge >= 0.3 is 0 Å². The molecule has 0 radical (unpaired) electrons. The van der Waals surface area contributed by atoms with Crippen molar-refractivity contribution in [3.63, 3.8) is 0 Å². The van der Waals surface area contributed by atoms with Gasteiger partial charge in [0.2, 0.25) is 0 Å². The second-order valence-electron chi connectivity index (χ2n) is 25.7. The second kappa shape index (κ2) is 20.8. The highest BCUT2D eigenvalue weighted by atomic mass is 32.1. The quantitative estimate of drug-likeness (QED) is 0.134. The highest BCUT2D eigenvalue weighted by Gasteiger charge is 2.45. The molecule has 0 bridgehead atoms. The van der Waals surface area contributed by atoms with Crippen molar-refractivity contribution in [1.29, 1.82) is 5.26 Å². The molecular weight excluding hydrogens is 1100 g/mol. The minimum atomic E-state index is -0.200. The summed E-state index contributed by atoms with van der Waals surface area (Å²) in [5.74, 6) is 0. The van der Waals surface area contributed by atoms with Crippen LogP contribution in [0.25, 0.3) is 53.2 Å². The van der Waals surface area contributed by atoms with E-state index in [0.29, 0.717) is 5.56 Å². The summed E-state index contributed by atoms with van der Waals surface area (Å²) in [6.45, 7) is 13.8. The molecule has 0 amide bonds. The maximum absolute atomic E-state index is 10.0. The number of hydrogen-bond donors (Lipinski definition) is 0. The summed E-state index contributed by atoms with van der Waals surface area (Å²) in [7, 11) is 0. The van der Waals surface area contributed by atoms with Crippen LogP contribution in [0.5, 0.6) is 0 Å². The molecule has 0 atom stereocenters. The third-order valence-corrected chi connectivity index (χ3v) is 19.2. The van der Waals surface area contributed by atoms with Crippen molar-refractivity contribution in [2.24, 2.45) is 0 Å². The summed E-state index contributed by atoms with van der Waals surface area (Å²) < 4.78 is 9.31. The lowest BCUT2D eigenvalue weighted by Gasteiger charge is -2.45. The molecule has 0 saturated carbocycles. The van der Waals surface area contributed by atoms with E-state index in [1.807, 2.05) is 23.5 Å². The average molecular weight is 1160 g/mol. The van der Waals surface area contributed by atoms with Gasteiger partial charge in [-0.2, -0.15) is 5.26 Å². The maximum atomic E-state index is 10.0. The Morgan fingerprint density at radius 1 is 0.393 bits per heavy atom. The summed E-state index contributed by atoms with van der Waals surface area (Å²) >= 11 is 1.84. The van der Waals surface area contributed by atoms with Gasteiger partial charge in [-0.3, -0.25) is 0 Å². The van der Waals surface area contributed by atoms with Gasteiger partial charge in [-0.25, -0.2) is 0 Å². The number of hydrogen-bond acceptors (Lipinski definition) is 7. The van der Waals surface area contributed by atoms with Crippen LogP contribution < -0.4 is 36.0 Å². The highest BCUT2D eigenvalue weighted by molar-refractivity contribution is 7.26. The van der Waals surface area contributed by atoms with Gasteiger partial charge in [0.25, 0.3) is 6.71 Å². The van der Waals surface area contributed by atoms with Crippen LogP contribution in [0.2, 0.25) is 0 Å². The Balaban J connectivity index is 1.02. The highest BCUT2D eigenvalue weighted by Crippen LogP contribution is 2.51. The van der Waals surface area contributed by atoms with Crippen LogP contribution in [0.4, 0.5) is 68.2 Å². The molecule has 0 spiro atoms. The van der Waals surface area contributed by atoms with Gasteiger partial charge in [-0.15, -0.1) is 11.3 Å². The zero-order valence-electron chi connectivity index (χ0n) is 50.5. The summed E-state index contributed by atoms with van der Waals surface area (Å²) in [6, 6.07) is 99.7. The van der Waals surface area contributed by atoms with Gasteiger partial charge in [-0.1, -0.05) is 157 Å². The number of para-hydroxylation sites is 4. The van der Waals surface area contributed by atoms with E-state index in [1.165, 1.54) is 47.7 Å². The molecule has 0 unspecified atom stereocenters. The fourth-order valence-electron chi connectivity index (χ4n) is 13.7. The SMILES string of the molecule is CC(C)(C)c1cc(N2c3cc(N(c4ccccc4)c4ccc(C#N)cc4)ccc3B3c4ccc(N(c5ccccc5)c5ccccc5)cc4N(c4ccccc4)c4cc(-c5ccc6oc7ccc8sc9ccccc9c8c7c6c5)cc2c43)cc(C(C)(C)C)c1. The Bertz CT molecular complexity index is 5060. The Labute approximate surface area is 524 Å². The number of benzene rings is 12. The average Bonchev–Trinajstić information content (AvgIpc) is 1.20. The van der Waals surface area contributed by atoms with Crippen molar-refractivity contribution in [1.82, 2.24) is 0 Å². The lowest BCUT2D eigenvalue weighted by atomic mass is 9.33. The molecule has 0 fully saturated rings. The number of anilines is 12. The van der Waals surface area contributed by atoms with Crippen LogP contribution in [0.3, 0.4) is 0 Å². The van der Waals surface area contributed by atoms with Gasteiger partial charge in [0.05, 0.1) is 11.6 Å². The van der Waals surface area contributed by atoms with E-state index in [1.54, 1.807) is 0 Å². The zero-order chi connectivity index (χ0) is 60.3. The monoisotopic (exact) mass is 1160 g/mol. The molecule has 89 heavy (non-hydrogen) atoms. The second-order valence-corrected chi connectivity index (χ2v) is 26.8. The number of fused-ring (bicyclic) bond motifs is 11. The molecule has 2 aliphatic heterocycles. The van der Waals surface area contributed by atoms with Crippen LogP contribution >= 0.6 is 11.3 Å². The first-order valence-corrected chi connectivity index (χ1v) is 31.5. The van der Waals surface area contributed by atoms with Crippen molar-refractivity contribution < 1.29 is 4.42 Å². The van der Waals surface area contributed by atoms with Gasteiger partial charge in [0.1, 0.15) is 11.2 Å². The third-order valence-electron chi connectivity index (χ3n) is 18.1. The Morgan fingerprint density at radius 3 is 1.44 bits per heavy atom. The van der Waals surface area contributed by atoms with Gasteiger partial charge in [-0.05, 0) is 201 Å². The van der Waals surface area contributed by atoms with Gasteiger partial charge in [0, 0.05) is 99.2 Å². The number of rotatable bonds is 9. The summed E-state index contributed by atoms with van der Waals surface area (Å²) in [5.41, 5.74) is 23.1. The van der Waals surface area contributed by atoms with E-state index in [4.69, 9.17) is 4.42 Å². The predicted molar refractivity (Wildman–Crippen MR) is 378 cm³/mol. The number of nitriles is 1. The van der Waals surface area contributed by atoms with Crippen molar-refractivity contribution in [3.8, 4) is 17.2 Å². The van der Waals surface area contributed by atoms with Crippen LogP contribution in [-0.4, -0.2) is 6.71 Å². The molecule has 0 aliphatic carbocycles. The molecule has 4 heterocycles. The van der Waals surface area contributed by atoms with E-state index in [0.717, 1.165) is 101 Å². The summed E-state index contributed by atoms with van der Waals surface area (Å²) in [4.78, 5) is 9.82. The number of thiophene rings is 1. The molecular formula is C81H62BN5OS. The Hall–Kier alpha value is -10.6. The van der Waals surface area contributed by atoms with Crippen molar-refractivity contribution >= 4 is 145 Å².